The lowest BCUT2D eigenvalue weighted by Gasteiger charge is -2.07. The topological polar surface area (TPSA) is 45.8 Å². The second kappa shape index (κ2) is 5.40. The van der Waals surface area contributed by atoms with E-state index < -0.39 is 0 Å². The second-order valence-electron chi connectivity index (χ2n) is 4.10. The number of aromatic amines is 1. The zero-order valence-corrected chi connectivity index (χ0v) is 11.6. The summed E-state index contributed by atoms with van der Waals surface area (Å²) in [5.74, 6) is 0. The second-order valence-corrected chi connectivity index (χ2v) is 4.89. The van der Waals surface area contributed by atoms with Gasteiger partial charge in [-0.25, -0.2) is 4.98 Å². The quantitative estimate of drug-likeness (QED) is 0.681. The van der Waals surface area contributed by atoms with Crippen LogP contribution < -0.4 is 5.56 Å². The summed E-state index contributed by atoms with van der Waals surface area (Å²) in [4.78, 5) is 19.0. The smallest absolute Gasteiger partial charge is 0.255 e. The number of H-pyrrole nitrogens is 1. The molecule has 0 saturated carbocycles. The maximum absolute atomic E-state index is 11.8. The number of benzene rings is 1. The first-order valence-corrected chi connectivity index (χ1v) is 7.12. The lowest BCUT2D eigenvalue weighted by atomic mass is 10.0. The molecular formula is C14H16N2OS. The van der Waals surface area contributed by atoms with Gasteiger partial charge in [0.2, 0.25) is 0 Å². The summed E-state index contributed by atoms with van der Waals surface area (Å²) in [6.45, 7) is 3.93. The highest BCUT2D eigenvalue weighted by Gasteiger charge is 2.09. The van der Waals surface area contributed by atoms with Gasteiger partial charge in [-0.05, 0) is 25.2 Å². The van der Waals surface area contributed by atoms with Gasteiger partial charge in [-0.1, -0.05) is 43.0 Å². The maximum atomic E-state index is 11.8. The molecule has 0 fully saturated rings. The molecular weight excluding hydrogens is 244 g/mol. The van der Waals surface area contributed by atoms with Crippen molar-refractivity contribution in [3.63, 3.8) is 0 Å². The molecule has 2 aromatic rings. The number of aromatic nitrogens is 2. The number of thioether (sulfide) groups is 1. The Morgan fingerprint density at radius 2 is 1.94 bits per heavy atom. The first kappa shape index (κ1) is 12.9. The summed E-state index contributed by atoms with van der Waals surface area (Å²) >= 11 is 1.44. The van der Waals surface area contributed by atoms with Crippen molar-refractivity contribution in [3.8, 4) is 11.3 Å². The molecule has 18 heavy (non-hydrogen) atoms. The van der Waals surface area contributed by atoms with Crippen LogP contribution in [0.15, 0.2) is 34.2 Å². The maximum Gasteiger partial charge on any atom is 0.255 e. The van der Waals surface area contributed by atoms with E-state index in [0.717, 1.165) is 17.7 Å². The van der Waals surface area contributed by atoms with E-state index in [-0.39, 0.29) is 5.56 Å². The molecule has 0 saturated heterocycles. The van der Waals surface area contributed by atoms with E-state index in [1.54, 1.807) is 6.92 Å². The van der Waals surface area contributed by atoms with Crippen molar-refractivity contribution < 1.29 is 0 Å². The van der Waals surface area contributed by atoms with E-state index in [1.165, 1.54) is 17.3 Å². The van der Waals surface area contributed by atoms with Crippen molar-refractivity contribution in [1.82, 2.24) is 9.97 Å². The third-order valence-electron chi connectivity index (χ3n) is 2.96. The lowest BCUT2D eigenvalue weighted by molar-refractivity contribution is 0.926. The minimum atomic E-state index is -0.0658. The molecule has 0 radical (unpaired) electrons. The zero-order valence-electron chi connectivity index (χ0n) is 10.8. The molecule has 0 aliphatic rings. The van der Waals surface area contributed by atoms with Gasteiger partial charge in [-0.3, -0.25) is 4.79 Å². The first-order valence-electron chi connectivity index (χ1n) is 5.90. The normalized spacial score (nSPS) is 10.6. The molecule has 0 atom stereocenters. The van der Waals surface area contributed by atoms with Crippen LogP contribution in [0.3, 0.4) is 0 Å². The van der Waals surface area contributed by atoms with Crippen molar-refractivity contribution >= 4 is 11.8 Å². The molecule has 1 aromatic carbocycles. The molecule has 0 amide bonds. The summed E-state index contributed by atoms with van der Waals surface area (Å²) < 4.78 is 0. The molecule has 0 aliphatic carbocycles. The van der Waals surface area contributed by atoms with Crippen LogP contribution in [0.2, 0.25) is 0 Å². The van der Waals surface area contributed by atoms with Crippen LogP contribution in [0, 0.1) is 6.92 Å². The van der Waals surface area contributed by atoms with Gasteiger partial charge in [0.25, 0.3) is 5.56 Å². The summed E-state index contributed by atoms with van der Waals surface area (Å²) in [6, 6.07) is 8.21. The fourth-order valence-corrected chi connectivity index (χ4v) is 2.17. The van der Waals surface area contributed by atoms with Gasteiger partial charge in [-0.15, -0.1) is 0 Å². The van der Waals surface area contributed by atoms with Crippen LogP contribution in [0.1, 0.15) is 18.1 Å². The molecule has 3 nitrogen and oxygen atoms in total. The SMILES string of the molecule is CCc1ccc(-c2nc(SC)[nH]c(=O)c2C)cc1. The largest absolute Gasteiger partial charge is 0.301 e. The highest BCUT2D eigenvalue weighted by atomic mass is 32.2. The minimum absolute atomic E-state index is 0.0658. The summed E-state index contributed by atoms with van der Waals surface area (Å²) in [5, 5.41) is 0.653. The van der Waals surface area contributed by atoms with Crippen molar-refractivity contribution in [2.45, 2.75) is 25.4 Å². The Bertz CT molecular complexity index is 602. The van der Waals surface area contributed by atoms with Gasteiger partial charge in [0, 0.05) is 11.1 Å². The third kappa shape index (κ3) is 2.48. The van der Waals surface area contributed by atoms with E-state index in [9.17, 15) is 4.79 Å². The van der Waals surface area contributed by atoms with Gasteiger partial charge in [-0.2, -0.15) is 0 Å². The molecule has 94 valence electrons. The lowest BCUT2D eigenvalue weighted by Crippen LogP contribution is -2.13. The standard InChI is InChI=1S/C14H16N2OS/c1-4-10-5-7-11(8-6-10)12-9(2)13(17)16-14(15-12)18-3/h5-8H,4H2,1-3H3,(H,15,16,17). The fraction of sp³-hybridized carbons (Fsp3) is 0.286. The molecule has 0 aliphatic heterocycles. The predicted octanol–water partition coefficient (Wildman–Crippen LogP) is 3.03. The molecule has 4 heteroatoms. The number of nitrogens with one attached hydrogen (secondary N) is 1. The van der Waals surface area contributed by atoms with Crippen molar-refractivity contribution in [2.75, 3.05) is 6.26 Å². The molecule has 0 bridgehead atoms. The number of rotatable bonds is 3. The highest BCUT2D eigenvalue weighted by molar-refractivity contribution is 7.98. The van der Waals surface area contributed by atoms with Gasteiger partial charge in [0.15, 0.2) is 5.16 Å². The van der Waals surface area contributed by atoms with Crippen LogP contribution in [0.25, 0.3) is 11.3 Å². The Labute approximate surface area is 111 Å². The summed E-state index contributed by atoms with van der Waals surface area (Å²) in [7, 11) is 0. The van der Waals surface area contributed by atoms with E-state index in [0.29, 0.717) is 10.7 Å². The van der Waals surface area contributed by atoms with Crippen LogP contribution in [-0.4, -0.2) is 16.2 Å². The van der Waals surface area contributed by atoms with Gasteiger partial charge in [0.05, 0.1) is 5.69 Å². The molecule has 2 rings (SSSR count). The zero-order chi connectivity index (χ0) is 13.1. The summed E-state index contributed by atoms with van der Waals surface area (Å²) in [5.41, 5.74) is 3.64. The number of nitrogens with zero attached hydrogens (tertiary/aromatic N) is 1. The highest BCUT2D eigenvalue weighted by Crippen LogP contribution is 2.21. The number of aryl methyl sites for hydroxylation is 1. The number of hydrogen-bond acceptors (Lipinski definition) is 3. The predicted molar refractivity (Wildman–Crippen MR) is 76.2 cm³/mol. The van der Waals surface area contributed by atoms with Gasteiger partial charge in [0.1, 0.15) is 0 Å². The Balaban J connectivity index is 2.55. The van der Waals surface area contributed by atoms with Gasteiger partial charge >= 0.3 is 0 Å². The average Bonchev–Trinajstić information content (AvgIpc) is 2.42. The number of hydrogen-bond donors (Lipinski definition) is 1. The van der Waals surface area contributed by atoms with Gasteiger partial charge < -0.3 is 4.98 Å². The molecule has 0 spiro atoms. The van der Waals surface area contributed by atoms with E-state index in [1.807, 2.05) is 18.4 Å². The average molecular weight is 260 g/mol. The Hall–Kier alpha value is -1.55. The van der Waals surface area contributed by atoms with Crippen LogP contribution >= 0.6 is 11.8 Å². The molecule has 1 aromatic heterocycles. The monoisotopic (exact) mass is 260 g/mol. The first-order chi connectivity index (χ1) is 8.65. The molecule has 1 heterocycles. The van der Waals surface area contributed by atoms with Crippen molar-refractivity contribution in [3.05, 3.63) is 45.7 Å². The van der Waals surface area contributed by atoms with Crippen molar-refractivity contribution in [2.24, 2.45) is 0 Å². The van der Waals surface area contributed by atoms with Crippen LogP contribution in [0.5, 0.6) is 0 Å². The summed E-state index contributed by atoms with van der Waals surface area (Å²) in [6.07, 6.45) is 2.91. The van der Waals surface area contributed by atoms with E-state index >= 15 is 0 Å². The minimum Gasteiger partial charge on any atom is -0.301 e. The van der Waals surface area contributed by atoms with E-state index in [4.69, 9.17) is 0 Å². The fourth-order valence-electron chi connectivity index (χ4n) is 1.79. The van der Waals surface area contributed by atoms with Crippen molar-refractivity contribution in [1.29, 1.82) is 0 Å². The van der Waals surface area contributed by atoms with E-state index in [2.05, 4.69) is 29.0 Å². The third-order valence-corrected chi connectivity index (χ3v) is 3.54. The Kier molecular flexibility index (Phi) is 3.87. The Morgan fingerprint density at radius 3 is 2.50 bits per heavy atom. The molecule has 0 unspecified atom stereocenters. The molecule has 1 N–H and O–H groups in total. The Morgan fingerprint density at radius 1 is 1.28 bits per heavy atom. The van der Waals surface area contributed by atoms with Crippen LogP contribution in [-0.2, 0) is 6.42 Å². The van der Waals surface area contributed by atoms with Crippen LogP contribution in [0.4, 0.5) is 0 Å².